The minimum atomic E-state index is -0.677. The number of rotatable bonds is 41. The van der Waals surface area contributed by atoms with Crippen molar-refractivity contribution >= 4 is 29.5 Å². The SMILES string of the molecule is CCCCCCCCCCCCCCCCCCCCSC(C)(SCCCCCCCCCCCCCCCCCCCC)C(=O)O. The largest absolute Gasteiger partial charge is 0.480 e. The van der Waals surface area contributed by atoms with Crippen molar-refractivity contribution in [2.45, 2.75) is 256 Å². The zero-order valence-electron chi connectivity index (χ0n) is 32.5. The van der Waals surface area contributed by atoms with E-state index in [4.69, 9.17) is 0 Å². The van der Waals surface area contributed by atoms with Crippen molar-refractivity contribution in [3.63, 3.8) is 0 Å². The third-order valence-electron chi connectivity index (χ3n) is 10.1. The molecule has 0 unspecified atom stereocenters. The highest BCUT2D eigenvalue weighted by Gasteiger charge is 2.33. The Kier molecular flexibility index (Phi) is 39.1. The molecule has 0 aromatic heterocycles. The summed E-state index contributed by atoms with van der Waals surface area (Å²) in [6.07, 6.45) is 50.1. The van der Waals surface area contributed by atoms with E-state index in [2.05, 4.69) is 13.8 Å². The van der Waals surface area contributed by atoms with Gasteiger partial charge in [-0.15, -0.1) is 23.5 Å². The Morgan fingerprint density at radius 2 is 0.532 bits per heavy atom. The van der Waals surface area contributed by atoms with Crippen LogP contribution in [0.5, 0.6) is 0 Å². The van der Waals surface area contributed by atoms with Crippen LogP contribution in [0.2, 0.25) is 0 Å². The predicted molar refractivity (Wildman–Crippen MR) is 219 cm³/mol. The highest BCUT2D eigenvalue weighted by molar-refractivity contribution is 8.19. The summed E-state index contributed by atoms with van der Waals surface area (Å²) in [4.78, 5) is 12.0. The standard InChI is InChI=1S/C43H86O2S2/c1-4-6-8-10-12-14-16-18-20-22-24-26-28-30-32-34-36-38-40-46-43(3,42(44)45)47-41-39-37-35-33-31-29-27-25-23-21-19-17-15-13-11-9-7-5-2/h4-41H2,1-3H3,(H,44,45). The van der Waals surface area contributed by atoms with Crippen molar-refractivity contribution in [1.82, 2.24) is 0 Å². The van der Waals surface area contributed by atoms with E-state index in [9.17, 15) is 9.90 Å². The molecule has 0 spiro atoms. The van der Waals surface area contributed by atoms with Gasteiger partial charge in [0.05, 0.1) is 0 Å². The molecule has 0 heterocycles. The summed E-state index contributed by atoms with van der Waals surface area (Å²) >= 11 is 3.35. The van der Waals surface area contributed by atoms with Gasteiger partial charge < -0.3 is 5.11 Å². The van der Waals surface area contributed by atoms with Crippen LogP contribution in [0.3, 0.4) is 0 Å². The van der Waals surface area contributed by atoms with Crippen LogP contribution in [0, 0.1) is 0 Å². The van der Waals surface area contributed by atoms with E-state index >= 15 is 0 Å². The van der Waals surface area contributed by atoms with Gasteiger partial charge in [-0.1, -0.05) is 232 Å². The Labute approximate surface area is 305 Å². The summed E-state index contributed by atoms with van der Waals surface area (Å²) in [5.74, 6) is 1.32. The van der Waals surface area contributed by atoms with E-state index < -0.39 is 10.0 Å². The van der Waals surface area contributed by atoms with E-state index in [1.165, 1.54) is 218 Å². The average molecular weight is 699 g/mol. The molecule has 0 aromatic carbocycles. The van der Waals surface area contributed by atoms with Gasteiger partial charge in [-0.05, 0) is 31.3 Å². The zero-order chi connectivity index (χ0) is 34.4. The summed E-state index contributed by atoms with van der Waals surface area (Å²) in [7, 11) is 0. The van der Waals surface area contributed by atoms with Crippen molar-refractivity contribution in [1.29, 1.82) is 0 Å². The Morgan fingerprint density at radius 3 is 0.702 bits per heavy atom. The number of hydrogen-bond donors (Lipinski definition) is 1. The van der Waals surface area contributed by atoms with Gasteiger partial charge in [0.25, 0.3) is 0 Å². The van der Waals surface area contributed by atoms with Gasteiger partial charge in [0.2, 0.25) is 0 Å². The summed E-state index contributed by atoms with van der Waals surface area (Å²) < 4.78 is -0.677. The van der Waals surface area contributed by atoms with Gasteiger partial charge in [-0.3, -0.25) is 0 Å². The van der Waals surface area contributed by atoms with Gasteiger partial charge in [0, 0.05) is 0 Å². The van der Waals surface area contributed by atoms with Gasteiger partial charge in [0.1, 0.15) is 0 Å². The molecule has 0 aliphatic heterocycles. The van der Waals surface area contributed by atoms with Crippen molar-refractivity contribution in [3.05, 3.63) is 0 Å². The molecule has 0 saturated carbocycles. The van der Waals surface area contributed by atoms with Gasteiger partial charge in [-0.25, -0.2) is 4.79 Å². The van der Waals surface area contributed by atoms with E-state index in [1.807, 2.05) is 6.92 Å². The minimum Gasteiger partial charge on any atom is -0.480 e. The maximum Gasteiger partial charge on any atom is 0.329 e. The topological polar surface area (TPSA) is 37.3 Å². The second kappa shape index (κ2) is 39.0. The fourth-order valence-corrected chi connectivity index (χ4v) is 9.26. The Bertz CT molecular complexity index is 569. The van der Waals surface area contributed by atoms with Crippen molar-refractivity contribution in [2.24, 2.45) is 0 Å². The molecule has 0 aromatic rings. The maximum atomic E-state index is 12.0. The third kappa shape index (κ3) is 35.8. The third-order valence-corrected chi connectivity index (χ3v) is 13.3. The smallest absolute Gasteiger partial charge is 0.329 e. The van der Waals surface area contributed by atoms with Crippen LogP contribution in [0.15, 0.2) is 0 Å². The Morgan fingerprint density at radius 1 is 0.362 bits per heavy atom. The zero-order valence-corrected chi connectivity index (χ0v) is 34.2. The van der Waals surface area contributed by atoms with Crippen molar-refractivity contribution in [3.8, 4) is 0 Å². The second-order valence-corrected chi connectivity index (χ2v) is 18.3. The van der Waals surface area contributed by atoms with E-state index in [-0.39, 0.29) is 0 Å². The average Bonchev–Trinajstić information content (AvgIpc) is 3.06. The first kappa shape index (κ1) is 47.2. The first-order chi connectivity index (χ1) is 23.1. The van der Waals surface area contributed by atoms with Crippen molar-refractivity contribution in [2.75, 3.05) is 11.5 Å². The van der Waals surface area contributed by atoms with Crippen LogP contribution < -0.4 is 0 Å². The number of carboxylic acids is 1. The van der Waals surface area contributed by atoms with Gasteiger partial charge >= 0.3 is 5.97 Å². The van der Waals surface area contributed by atoms with Crippen LogP contribution in [-0.4, -0.2) is 26.7 Å². The summed E-state index contributed by atoms with van der Waals surface area (Å²) in [5.41, 5.74) is 0. The quantitative estimate of drug-likeness (QED) is 0.0509. The molecular weight excluding hydrogens is 613 g/mol. The molecular formula is C43H86O2S2. The summed E-state index contributed by atoms with van der Waals surface area (Å²) in [5, 5.41) is 9.89. The fourth-order valence-electron chi connectivity index (χ4n) is 6.71. The van der Waals surface area contributed by atoms with Crippen LogP contribution in [0.25, 0.3) is 0 Å². The number of carbonyl (C=O) groups is 1. The highest BCUT2D eigenvalue weighted by Crippen LogP contribution is 2.38. The molecule has 1 N–H and O–H groups in total. The fraction of sp³-hybridized carbons (Fsp3) is 0.977. The number of unbranched alkanes of at least 4 members (excludes halogenated alkanes) is 34. The summed E-state index contributed by atoms with van der Waals surface area (Å²) in [6, 6.07) is 0. The minimum absolute atomic E-state index is 0.641. The van der Waals surface area contributed by atoms with Crippen LogP contribution >= 0.6 is 23.5 Å². The van der Waals surface area contributed by atoms with Crippen LogP contribution in [0.4, 0.5) is 0 Å². The lowest BCUT2D eigenvalue weighted by atomic mass is 10.0. The van der Waals surface area contributed by atoms with Crippen LogP contribution in [-0.2, 0) is 4.79 Å². The molecule has 0 radical (unpaired) electrons. The summed E-state index contributed by atoms with van der Waals surface area (Å²) in [6.45, 7) is 6.53. The van der Waals surface area contributed by atoms with E-state index in [1.54, 1.807) is 23.5 Å². The first-order valence-electron chi connectivity index (χ1n) is 21.6. The molecule has 0 rings (SSSR count). The normalized spacial score (nSPS) is 11.9. The predicted octanol–water partition coefficient (Wildman–Crippen LogP) is 16.3. The molecule has 282 valence electrons. The van der Waals surface area contributed by atoms with E-state index in [0.29, 0.717) is 0 Å². The lowest BCUT2D eigenvalue weighted by Crippen LogP contribution is -2.28. The Hall–Kier alpha value is 0.170. The van der Waals surface area contributed by atoms with E-state index in [0.717, 1.165) is 24.3 Å². The molecule has 0 atom stereocenters. The molecule has 4 heteroatoms. The highest BCUT2D eigenvalue weighted by atomic mass is 32.2. The second-order valence-electron chi connectivity index (χ2n) is 15.0. The first-order valence-corrected chi connectivity index (χ1v) is 23.5. The lowest BCUT2D eigenvalue weighted by Gasteiger charge is -2.23. The number of hydrogen-bond acceptors (Lipinski definition) is 3. The molecule has 0 aliphatic rings. The molecule has 0 aliphatic carbocycles. The number of aliphatic carboxylic acids is 1. The molecule has 2 nitrogen and oxygen atoms in total. The molecule has 0 saturated heterocycles. The number of thioether (sulfide) groups is 2. The molecule has 0 bridgehead atoms. The monoisotopic (exact) mass is 699 g/mol. The van der Waals surface area contributed by atoms with Gasteiger partial charge in [-0.2, -0.15) is 0 Å². The molecule has 0 fully saturated rings. The Balaban J connectivity index is 3.46. The van der Waals surface area contributed by atoms with Crippen LogP contribution in [0.1, 0.15) is 252 Å². The molecule has 0 amide bonds. The lowest BCUT2D eigenvalue weighted by molar-refractivity contribution is -0.136. The molecule has 47 heavy (non-hydrogen) atoms. The number of carboxylic acid groups (broad SMARTS) is 1. The van der Waals surface area contributed by atoms with Crippen molar-refractivity contribution < 1.29 is 9.90 Å². The maximum absolute atomic E-state index is 12.0. The van der Waals surface area contributed by atoms with Gasteiger partial charge in [0.15, 0.2) is 4.08 Å².